The lowest BCUT2D eigenvalue weighted by Gasteiger charge is -2.09. The molecule has 0 spiro atoms. The maximum atomic E-state index is 12.1. The van der Waals surface area contributed by atoms with Gasteiger partial charge < -0.3 is 14.8 Å². The second kappa shape index (κ2) is 10.4. The summed E-state index contributed by atoms with van der Waals surface area (Å²) in [5, 5.41) is 21.9. The van der Waals surface area contributed by atoms with Gasteiger partial charge in [-0.3, -0.25) is 9.36 Å². The highest BCUT2D eigenvalue weighted by atomic mass is 79.9. The molecule has 0 aliphatic heterocycles. The van der Waals surface area contributed by atoms with Crippen LogP contribution in [0.5, 0.6) is 5.75 Å². The molecule has 0 saturated carbocycles. The number of benzene rings is 1. The van der Waals surface area contributed by atoms with E-state index < -0.39 is 0 Å². The molecule has 148 valence electrons. The van der Waals surface area contributed by atoms with E-state index in [4.69, 9.17) is 4.42 Å². The molecule has 7 nitrogen and oxygen atoms in total. The molecular weight excluding hydrogens is 468 g/mol. The largest absolute Gasteiger partial charge is 0.507 e. The number of aromatic nitrogens is 3. The molecule has 28 heavy (non-hydrogen) atoms. The molecule has 0 aliphatic rings. The molecule has 3 aromatic rings. The molecule has 0 unspecified atom stereocenters. The number of phenolic OH excluding ortho intramolecular Hbond substituents is 1. The normalized spacial score (nSPS) is 10.3. The van der Waals surface area contributed by atoms with Crippen LogP contribution in [-0.4, -0.2) is 31.5 Å². The van der Waals surface area contributed by atoms with Crippen molar-refractivity contribution in [2.24, 2.45) is 0 Å². The summed E-state index contributed by atoms with van der Waals surface area (Å²) in [5.74, 6) is 1.34. The number of nitrogens with one attached hydrogen (secondary N) is 1. The quantitative estimate of drug-likeness (QED) is 0.370. The van der Waals surface area contributed by atoms with Crippen molar-refractivity contribution >= 4 is 46.0 Å². The molecule has 2 aromatic heterocycles. The van der Waals surface area contributed by atoms with Crippen molar-refractivity contribution in [2.45, 2.75) is 18.2 Å². The van der Waals surface area contributed by atoms with Crippen LogP contribution in [0.2, 0.25) is 0 Å². The summed E-state index contributed by atoms with van der Waals surface area (Å²) in [4.78, 5) is 12.1. The summed E-state index contributed by atoms with van der Waals surface area (Å²) in [6.07, 6.45) is 3.27. The number of halogens is 2. The monoisotopic (exact) mass is 484 g/mol. The lowest BCUT2D eigenvalue weighted by molar-refractivity contribution is -0.118. The van der Waals surface area contributed by atoms with E-state index in [9.17, 15) is 9.90 Å². The Hall–Kier alpha value is -2.23. The van der Waals surface area contributed by atoms with Gasteiger partial charge in [-0.1, -0.05) is 33.8 Å². The van der Waals surface area contributed by atoms with Crippen molar-refractivity contribution in [1.29, 1.82) is 0 Å². The van der Waals surface area contributed by atoms with E-state index in [-0.39, 0.29) is 29.8 Å². The number of thioether (sulfide) groups is 1. The van der Waals surface area contributed by atoms with Gasteiger partial charge in [0.2, 0.25) is 5.91 Å². The first kappa shape index (κ1) is 22.1. The first-order valence-corrected chi connectivity index (χ1v) is 9.81. The molecule has 0 saturated heterocycles. The summed E-state index contributed by atoms with van der Waals surface area (Å²) in [5.41, 5.74) is 0.549. The van der Waals surface area contributed by atoms with E-state index >= 15 is 0 Å². The zero-order valence-electron chi connectivity index (χ0n) is 14.7. The smallest absolute Gasteiger partial charge is 0.230 e. The third-order valence-corrected chi connectivity index (χ3v) is 5.06. The number of carbonyl (C=O) groups is 1. The van der Waals surface area contributed by atoms with Crippen molar-refractivity contribution in [3.63, 3.8) is 0 Å². The highest BCUT2D eigenvalue weighted by Crippen LogP contribution is 2.32. The molecule has 3 rings (SSSR count). The average Bonchev–Trinajstić information content (AvgIpc) is 3.31. The Kier molecular flexibility index (Phi) is 8.16. The van der Waals surface area contributed by atoms with E-state index in [1.807, 2.05) is 0 Å². The number of carbonyl (C=O) groups excluding carboxylic acids is 1. The maximum absolute atomic E-state index is 12.1. The standard InChI is InChI=1S/C18H17BrN4O3S.ClH/c1-2-7-23-17(14-9-12(19)5-6-15(14)24)21-22-18(23)27-11-16(25)20-10-13-4-3-8-26-13;/h2-6,8-9,24H,1,7,10-11H2,(H,20,25);1H. The van der Waals surface area contributed by atoms with Crippen LogP contribution in [0.4, 0.5) is 0 Å². The number of furan rings is 1. The second-order valence-corrected chi connectivity index (χ2v) is 7.37. The summed E-state index contributed by atoms with van der Waals surface area (Å²) in [7, 11) is 0. The Morgan fingerprint density at radius 2 is 2.21 bits per heavy atom. The van der Waals surface area contributed by atoms with E-state index in [1.54, 1.807) is 47.2 Å². The number of hydrogen-bond acceptors (Lipinski definition) is 6. The highest BCUT2D eigenvalue weighted by molar-refractivity contribution is 9.10. The van der Waals surface area contributed by atoms with E-state index in [0.717, 1.165) is 4.47 Å². The maximum Gasteiger partial charge on any atom is 0.230 e. The third-order valence-electron chi connectivity index (χ3n) is 3.60. The van der Waals surface area contributed by atoms with Crippen LogP contribution in [0.15, 0.2) is 63.3 Å². The van der Waals surface area contributed by atoms with Crippen LogP contribution in [0.25, 0.3) is 11.4 Å². The molecule has 1 amide bonds. The molecule has 0 fully saturated rings. The zero-order valence-corrected chi connectivity index (χ0v) is 17.9. The molecule has 1 aromatic carbocycles. The van der Waals surface area contributed by atoms with Gasteiger partial charge in [0, 0.05) is 11.0 Å². The summed E-state index contributed by atoms with van der Waals surface area (Å²) in [6.45, 7) is 4.54. The van der Waals surface area contributed by atoms with Gasteiger partial charge in [-0.05, 0) is 30.3 Å². The SMILES string of the molecule is C=CCn1c(SCC(=O)NCc2ccco2)nnc1-c1cc(Br)ccc1O.Cl. The van der Waals surface area contributed by atoms with Crippen LogP contribution < -0.4 is 5.32 Å². The molecule has 2 N–H and O–H groups in total. The molecular formula is C18H18BrClN4O3S. The number of aromatic hydroxyl groups is 1. The first-order chi connectivity index (χ1) is 13.1. The second-order valence-electron chi connectivity index (χ2n) is 5.51. The summed E-state index contributed by atoms with van der Waals surface area (Å²) < 4.78 is 7.80. The van der Waals surface area contributed by atoms with Gasteiger partial charge in [0.05, 0.1) is 24.1 Å². The lowest BCUT2D eigenvalue weighted by atomic mass is 10.2. The molecule has 0 aliphatic carbocycles. The fourth-order valence-electron chi connectivity index (χ4n) is 2.36. The Morgan fingerprint density at radius 1 is 1.39 bits per heavy atom. The van der Waals surface area contributed by atoms with Crippen LogP contribution in [-0.2, 0) is 17.9 Å². The molecule has 0 atom stereocenters. The van der Waals surface area contributed by atoms with E-state index in [0.29, 0.717) is 35.4 Å². The lowest BCUT2D eigenvalue weighted by Crippen LogP contribution is -2.24. The number of phenols is 1. The van der Waals surface area contributed by atoms with Gasteiger partial charge >= 0.3 is 0 Å². The summed E-state index contributed by atoms with van der Waals surface area (Å²) in [6, 6.07) is 8.66. The fraction of sp³-hybridized carbons (Fsp3) is 0.167. The van der Waals surface area contributed by atoms with Gasteiger partial charge in [0.15, 0.2) is 11.0 Å². The molecule has 2 heterocycles. The number of hydrogen-bond donors (Lipinski definition) is 2. The van der Waals surface area contributed by atoms with Crippen molar-refractivity contribution < 1.29 is 14.3 Å². The Balaban J connectivity index is 0.00000280. The van der Waals surface area contributed by atoms with E-state index in [1.165, 1.54) is 11.8 Å². The molecule has 0 bridgehead atoms. The minimum absolute atomic E-state index is 0. The van der Waals surface area contributed by atoms with Crippen molar-refractivity contribution in [2.75, 3.05) is 5.75 Å². The summed E-state index contributed by atoms with van der Waals surface area (Å²) >= 11 is 4.66. The minimum Gasteiger partial charge on any atom is -0.507 e. The Morgan fingerprint density at radius 3 is 2.93 bits per heavy atom. The van der Waals surface area contributed by atoms with Gasteiger partial charge in [-0.15, -0.1) is 29.2 Å². The van der Waals surface area contributed by atoms with Crippen molar-refractivity contribution in [1.82, 2.24) is 20.1 Å². The van der Waals surface area contributed by atoms with Gasteiger partial charge in [-0.2, -0.15) is 0 Å². The highest BCUT2D eigenvalue weighted by Gasteiger charge is 2.17. The van der Waals surface area contributed by atoms with Gasteiger partial charge in [0.1, 0.15) is 11.5 Å². The average molecular weight is 486 g/mol. The predicted octanol–water partition coefficient (Wildman–Crippen LogP) is 4.02. The Bertz CT molecular complexity index is 946. The van der Waals surface area contributed by atoms with Gasteiger partial charge in [-0.25, -0.2) is 0 Å². The van der Waals surface area contributed by atoms with Crippen molar-refractivity contribution in [3.8, 4) is 17.1 Å². The minimum atomic E-state index is -0.142. The van der Waals surface area contributed by atoms with Crippen LogP contribution in [0.3, 0.4) is 0 Å². The molecule has 0 radical (unpaired) electrons. The first-order valence-electron chi connectivity index (χ1n) is 8.03. The Labute approximate surface area is 180 Å². The van der Waals surface area contributed by atoms with Crippen LogP contribution in [0.1, 0.15) is 5.76 Å². The topological polar surface area (TPSA) is 93.2 Å². The fourth-order valence-corrected chi connectivity index (χ4v) is 3.49. The number of rotatable bonds is 8. The van der Waals surface area contributed by atoms with Crippen LogP contribution >= 0.6 is 40.1 Å². The van der Waals surface area contributed by atoms with Crippen LogP contribution in [0, 0.1) is 0 Å². The van der Waals surface area contributed by atoms with E-state index in [2.05, 4.69) is 38.0 Å². The third kappa shape index (κ3) is 5.40. The number of allylic oxidation sites excluding steroid dienone is 1. The predicted molar refractivity (Wildman–Crippen MR) is 114 cm³/mol. The number of nitrogens with zero attached hydrogens (tertiary/aromatic N) is 3. The molecule has 10 heteroatoms. The van der Waals surface area contributed by atoms with Crippen molar-refractivity contribution in [3.05, 3.63) is 59.5 Å². The number of amides is 1. The zero-order chi connectivity index (χ0) is 19.2. The van der Waals surface area contributed by atoms with Gasteiger partial charge in [0.25, 0.3) is 0 Å².